The van der Waals surface area contributed by atoms with Crippen LogP contribution in [0.2, 0.25) is 0 Å². The Morgan fingerprint density at radius 3 is 2.59 bits per heavy atom. The monoisotopic (exact) mass is 240 g/mol. The number of ether oxygens (including phenoxy) is 1. The van der Waals surface area contributed by atoms with Gasteiger partial charge < -0.3 is 10.1 Å². The van der Waals surface area contributed by atoms with Gasteiger partial charge in [-0.25, -0.2) is 0 Å². The van der Waals surface area contributed by atoms with Gasteiger partial charge in [-0.3, -0.25) is 4.90 Å². The van der Waals surface area contributed by atoms with Gasteiger partial charge >= 0.3 is 0 Å². The number of piperidine rings is 2. The molecular formula is C14H28N2O. The Balaban J connectivity index is 1.93. The summed E-state index contributed by atoms with van der Waals surface area (Å²) in [6.45, 7) is 9.34. The molecule has 0 aliphatic carbocycles. The number of likely N-dealkylation sites (tertiary alicyclic amines) is 1. The van der Waals surface area contributed by atoms with Gasteiger partial charge in [-0.05, 0) is 58.2 Å². The molecule has 0 aromatic carbocycles. The first-order valence-corrected chi connectivity index (χ1v) is 7.15. The maximum Gasteiger partial charge on any atom is 0.0829 e. The molecule has 2 atom stereocenters. The molecule has 3 heteroatoms. The fourth-order valence-electron chi connectivity index (χ4n) is 3.37. The molecule has 2 saturated heterocycles. The molecule has 0 amide bonds. The highest BCUT2D eigenvalue weighted by Crippen LogP contribution is 2.28. The van der Waals surface area contributed by atoms with Crippen LogP contribution in [-0.4, -0.2) is 49.8 Å². The van der Waals surface area contributed by atoms with Gasteiger partial charge in [-0.1, -0.05) is 6.92 Å². The van der Waals surface area contributed by atoms with E-state index < -0.39 is 0 Å². The van der Waals surface area contributed by atoms with Crippen LogP contribution < -0.4 is 5.32 Å². The van der Waals surface area contributed by atoms with Crippen LogP contribution >= 0.6 is 0 Å². The van der Waals surface area contributed by atoms with Gasteiger partial charge in [0.25, 0.3) is 0 Å². The molecule has 0 saturated carbocycles. The van der Waals surface area contributed by atoms with Crippen molar-refractivity contribution >= 4 is 0 Å². The van der Waals surface area contributed by atoms with E-state index in [0.29, 0.717) is 0 Å². The molecule has 2 rings (SSSR count). The second-order valence-corrected chi connectivity index (χ2v) is 6.09. The smallest absolute Gasteiger partial charge is 0.0829 e. The van der Waals surface area contributed by atoms with Crippen molar-refractivity contribution in [3.8, 4) is 0 Å². The van der Waals surface area contributed by atoms with Crippen LogP contribution in [0, 0.1) is 5.92 Å². The summed E-state index contributed by atoms with van der Waals surface area (Å²) in [5, 5.41) is 3.43. The van der Waals surface area contributed by atoms with Gasteiger partial charge in [0.2, 0.25) is 0 Å². The zero-order valence-corrected chi connectivity index (χ0v) is 11.7. The van der Waals surface area contributed by atoms with E-state index in [0.717, 1.165) is 44.4 Å². The molecule has 0 radical (unpaired) electrons. The SMILES string of the molecule is COC1(CN2CCC(C)CC2C)CCNCC1. The summed E-state index contributed by atoms with van der Waals surface area (Å²) >= 11 is 0. The van der Waals surface area contributed by atoms with Gasteiger partial charge in [0, 0.05) is 19.7 Å². The van der Waals surface area contributed by atoms with E-state index in [4.69, 9.17) is 4.74 Å². The Bertz CT molecular complexity index is 238. The van der Waals surface area contributed by atoms with Crippen molar-refractivity contribution in [1.82, 2.24) is 10.2 Å². The van der Waals surface area contributed by atoms with Gasteiger partial charge in [0.15, 0.2) is 0 Å². The Hall–Kier alpha value is -0.120. The zero-order chi connectivity index (χ0) is 12.3. The highest BCUT2D eigenvalue weighted by molar-refractivity contribution is 4.91. The molecule has 100 valence electrons. The van der Waals surface area contributed by atoms with E-state index in [-0.39, 0.29) is 5.60 Å². The molecule has 2 aliphatic rings. The summed E-state index contributed by atoms with van der Waals surface area (Å²) in [5.41, 5.74) is 0.111. The molecule has 1 N–H and O–H groups in total. The van der Waals surface area contributed by atoms with Crippen LogP contribution in [0.15, 0.2) is 0 Å². The van der Waals surface area contributed by atoms with E-state index in [1.54, 1.807) is 0 Å². The van der Waals surface area contributed by atoms with Crippen LogP contribution in [-0.2, 0) is 4.74 Å². The molecule has 3 nitrogen and oxygen atoms in total. The predicted molar refractivity (Wildman–Crippen MR) is 71.3 cm³/mol. The van der Waals surface area contributed by atoms with Crippen LogP contribution in [0.5, 0.6) is 0 Å². The Morgan fingerprint density at radius 1 is 1.29 bits per heavy atom. The molecule has 2 fully saturated rings. The van der Waals surface area contributed by atoms with E-state index in [2.05, 4.69) is 24.1 Å². The molecule has 0 bridgehead atoms. The molecule has 2 unspecified atom stereocenters. The topological polar surface area (TPSA) is 24.5 Å². The van der Waals surface area contributed by atoms with E-state index in [1.165, 1.54) is 19.4 Å². The standard InChI is InChI=1S/C14H28N2O/c1-12-4-9-16(13(2)10-12)11-14(17-3)5-7-15-8-6-14/h12-13,15H,4-11H2,1-3H3. The van der Waals surface area contributed by atoms with Crippen LogP contribution in [0.4, 0.5) is 0 Å². The average Bonchev–Trinajstić information content (AvgIpc) is 2.34. The summed E-state index contributed by atoms with van der Waals surface area (Å²) in [7, 11) is 1.89. The Labute approximate surface area is 106 Å². The van der Waals surface area contributed by atoms with E-state index in [1.807, 2.05) is 7.11 Å². The Kier molecular flexibility index (Phi) is 4.45. The third kappa shape index (κ3) is 3.21. The summed E-state index contributed by atoms with van der Waals surface area (Å²) in [6.07, 6.45) is 5.00. The van der Waals surface area contributed by atoms with Crippen molar-refractivity contribution in [2.75, 3.05) is 33.3 Å². The lowest BCUT2D eigenvalue weighted by atomic mass is 9.87. The lowest BCUT2D eigenvalue weighted by molar-refractivity contribution is -0.0698. The summed E-state index contributed by atoms with van der Waals surface area (Å²) < 4.78 is 5.88. The molecule has 2 aliphatic heterocycles. The maximum atomic E-state index is 5.88. The second kappa shape index (κ2) is 5.68. The van der Waals surface area contributed by atoms with Crippen molar-refractivity contribution in [2.45, 2.75) is 51.2 Å². The minimum Gasteiger partial charge on any atom is -0.377 e. The van der Waals surface area contributed by atoms with Crippen LogP contribution in [0.3, 0.4) is 0 Å². The summed E-state index contributed by atoms with van der Waals surface area (Å²) in [6, 6.07) is 0.723. The third-order valence-corrected chi connectivity index (χ3v) is 4.71. The second-order valence-electron chi connectivity index (χ2n) is 6.09. The van der Waals surface area contributed by atoms with Gasteiger partial charge in [0.1, 0.15) is 0 Å². The lowest BCUT2D eigenvalue weighted by Gasteiger charge is -2.44. The molecular weight excluding hydrogens is 212 g/mol. The largest absolute Gasteiger partial charge is 0.377 e. The number of hydrogen-bond donors (Lipinski definition) is 1. The number of nitrogens with one attached hydrogen (secondary N) is 1. The quantitative estimate of drug-likeness (QED) is 0.815. The maximum absolute atomic E-state index is 5.88. The molecule has 2 heterocycles. The van der Waals surface area contributed by atoms with Crippen LogP contribution in [0.1, 0.15) is 39.5 Å². The van der Waals surface area contributed by atoms with Gasteiger partial charge in [-0.15, -0.1) is 0 Å². The van der Waals surface area contributed by atoms with Crippen molar-refractivity contribution in [1.29, 1.82) is 0 Å². The minimum atomic E-state index is 0.111. The number of rotatable bonds is 3. The van der Waals surface area contributed by atoms with Crippen LogP contribution in [0.25, 0.3) is 0 Å². The molecule has 0 aromatic heterocycles. The highest BCUT2D eigenvalue weighted by Gasteiger charge is 2.36. The first-order valence-electron chi connectivity index (χ1n) is 7.15. The van der Waals surface area contributed by atoms with Gasteiger partial charge in [0.05, 0.1) is 5.60 Å². The number of nitrogens with zero attached hydrogens (tertiary/aromatic N) is 1. The fourth-order valence-corrected chi connectivity index (χ4v) is 3.37. The number of hydrogen-bond acceptors (Lipinski definition) is 3. The summed E-state index contributed by atoms with van der Waals surface area (Å²) in [5.74, 6) is 0.896. The molecule has 17 heavy (non-hydrogen) atoms. The Morgan fingerprint density at radius 2 is 2.00 bits per heavy atom. The first kappa shape index (κ1) is 13.3. The van der Waals surface area contributed by atoms with E-state index in [9.17, 15) is 0 Å². The van der Waals surface area contributed by atoms with Crippen molar-refractivity contribution < 1.29 is 4.74 Å². The fraction of sp³-hybridized carbons (Fsp3) is 1.00. The summed E-state index contributed by atoms with van der Waals surface area (Å²) in [4.78, 5) is 2.65. The van der Waals surface area contributed by atoms with E-state index >= 15 is 0 Å². The highest BCUT2D eigenvalue weighted by atomic mass is 16.5. The predicted octanol–water partition coefficient (Wildman–Crippen LogP) is 1.88. The third-order valence-electron chi connectivity index (χ3n) is 4.71. The van der Waals surface area contributed by atoms with Crippen molar-refractivity contribution in [2.24, 2.45) is 5.92 Å². The number of methoxy groups -OCH3 is 1. The van der Waals surface area contributed by atoms with Crippen molar-refractivity contribution in [3.63, 3.8) is 0 Å². The first-order chi connectivity index (χ1) is 8.15. The molecule has 0 spiro atoms. The average molecular weight is 240 g/mol. The molecule has 0 aromatic rings. The normalized spacial score (nSPS) is 34.8. The minimum absolute atomic E-state index is 0.111. The lowest BCUT2D eigenvalue weighted by Crippen LogP contribution is -2.54. The van der Waals surface area contributed by atoms with Crippen molar-refractivity contribution in [3.05, 3.63) is 0 Å². The zero-order valence-electron chi connectivity index (χ0n) is 11.7. The van der Waals surface area contributed by atoms with Gasteiger partial charge in [-0.2, -0.15) is 0 Å².